The van der Waals surface area contributed by atoms with Gasteiger partial charge in [0.25, 0.3) is 0 Å². The summed E-state index contributed by atoms with van der Waals surface area (Å²) in [5.41, 5.74) is 4.99. The molecule has 7 aliphatic heterocycles. The number of esters is 1. The van der Waals surface area contributed by atoms with E-state index in [1.165, 1.54) is 11.8 Å². The standard InChI is InChI=1S/C44H47N5O9S/c1-20-14-22-15-26-27(16-45)49-28-17-54-41(51)44(40-24(12-13-46-44)23-10-8-9-11-25(23)47-40)18-59-39(31-30(28)37-36(55-19-56-37)21(2)34(31)50)33(49)32(48(26)6)29(22)38(35(20)53-7)57-42(52)58-43(3,4)5/h8-11,14,26-28,32-33,39,46-47,50H,12-13,15,17-19H2,1-7H3/t26-,27-,28-,32+,33?,39+,44+/m0/s1. The van der Waals surface area contributed by atoms with Gasteiger partial charge >= 0.3 is 12.1 Å². The number of aromatic hydroxyl groups is 1. The van der Waals surface area contributed by atoms with E-state index in [1.807, 2.05) is 39.1 Å². The summed E-state index contributed by atoms with van der Waals surface area (Å²) >= 11 is 1.53. The number of piperazine rings is 1. The Hall–Kier alpha value is -5.14. The Labute approximate surface area is 346 Å². The number of nitrogens with one attached hydrogen (secondary N) is 2. The highest BCUT2D eigenvalue weighted by molar-refractivity contribution is 7.99. The largest absolute Gasteiger partial charge is 0.514 e. The molecule has 7 aliphatic rings. The number of aryl methyl sites for hydroxylation is 1. The topological polar surface area (TPSA) is 168 Å². The second-order valence-corrected chi connectivity index (χ2v) is 18.5. The number of benzene rings is 3. The summed E-state index contributed by atoms with van der Waals surface area (Å²) in [5, 5.41) is 27.8. The van der Waals surface area contributed by atoms with Crippen molar-refractivity contribution >= 4 is 34.8 Å². The molecular weight excluding hydrogens is 775 g/mol. The number of methoxy groups -OCH3 is 1. The van der Waals surface area contributed by atoms with Gasteiger partial charge in [-0.15, -0.1) is 11.8 Å². The fraction of sp³-hybridized carbons (Fsp3) is 0.477. The number of ether oxygens (including phenoxy) is 6. The monoisotopic (exact) mass is 821 g/mol. The van der Waals surface area contributed by atoms with E-state index in [4.69, 9.17) is 28.4 Å². The molecule has 7 atom stereocenters. The summed E-state index contributed by atoms with van der Waals surface area (Å²) in [6.07, 6.45) is 0.323. The predicted octanol–water partition coefficient (Wildman–Crippen LogP) is 6.14. The van der Waals surface area contributed by atoms with Crippen molar-refractivity contribution < 1.29 is 43.1 Å². The number of fused-ring (bicyclic) bond motifs is 11. The van der Waals surface area contributed by atoms with Crippen LogP contribution in [0.15, 0.2) is 30.3 Å². The van der Waals surface area contributed by atoms with Crippen LogP contribution in [0, 0.1) is 25.2 Å². The van der Waals surface area contributed by atoms with Gasteiger partial charge in [-0.2, -0.15) is 5.26 Å². The molecular formula is C44H47N5O9S. The number of H-pyrrole nitrogens is 1. The van der Waals surface area contributed by atoms with Crippen molar-refractivity contribution in [3.63, 3.8) is 0 Å². The number of likely N-dealkylation sites (N-methyl/N-ethyl adjacent to an activating group) is 1. The van der Waals surface area contributed by atoms with Crippen molar-refractivity contribution in [2.24, 2.45) is 0 Å². The van der Waals surface area contributed by atoms with Crippen LogP contribution in [-0.2, 0) is 32.6 Å². The Balaban J connectivity index is 1.22. The predicted molar refractivity (Wildman–Crippen MR) is 217 cm³/mol. The number of aromatic amines is 1. The smallest absolute Gasteiger partial charge is 0.507 e. The number of carbonyl (C=O) groups excluding carboxylic acids is 2. The lowest BCUT2D eigenvalue weighted by Crippen LogP contribution is -2.69. The van der Waals surface area contributed by atoms with E-state index in [9.17, 15) is 20.0 Å². The maximum atomic E-state index is 14.9. The second kappa shape index (κ2) is 13.4. The molecule has 0 amide bonds. The molecule has 14 nitrogen and oxygen atoms in total. The van der Waals surface area contributed by atoms with Gasteiger partial charge in [0.15, 0.2) is 28.5 Å². The first-order chi connectivity index (χ1) is 28.3. The van der Waals surface area contributed by atoms with Crippen LogP contribution in [-0.4, -0.2) is 95.6 Å². The summed E-state index contributed by atoms with van der Waals surface area (Å²) in [6.45, 7) is 9.44. The molecule has 4 aromatic rings. The highest BCUT2D eigenvalue weighted by Gasteiger charge is 2.62. The number of rotatable bonds is 2. The van der Waals surface area contributed by atoms with Gasteiger partial charge in [0.05, 0.1) is 36.2 Å². The molecule has 59 heavy (non-hydrogen) atoms. The van der Waals surface area contributed by atoms with Crippen molar-refractivity contribution in [3.05, 3.63) is 75.0 Å². The van der Waals surface area contributed by atoms with E-state index in [2.05, 4.69) is 38.3 Å². The van der Waals surface area contributed by atoms with Crippen molar-refractivity contribution in [1.29, 1.82) is 5.26 Å². The number of phenolic OH excluding ortho intramolecular Hbond substituents is 1. The summed E-state index contributed by atoms with van der Waals surface area (Å²) in [7, 11) is 3.56. The van der Waals surface area contributed by atoms with Crippen LogP contribution in [0.4, 0.5) is 4.79 Å². The van der Waals surface area contributed by atoms with Gasteiger partial charge in [0, 0.05) is 57.5 Å². The zero-order valence-corrected chi connectivity index (χ0v) is 34.9. The number of nitrogens with zero attached hydrogens (tertiary/aromatic N) is 3. The van der Waals surface area contributed by atoms with Crippen LogP contribution in [0.5, 0.6) is 28.7 Å². The van der Waals surface area contributed by atoms with E-state index < -0.39 is 52.7 Å². The lowest BCUT2D eigenvalue weighted by Gasteiger charge is -2.62. The van der Waals surface area contributed by atoms with Gasteiger partial charge in [-0.25, -0.2) is 9.59 Å². The minimum Gasteiger partial charge on any atom is -0.507 e. The molecule has 1 unspecified atom stereocenters. The molecule has 0 aliphatic carbocycles. The molecule has 2 saturated heterocycles. The summed E-state index contributed by atoms with van der Waals surface area (Å²) < 4.78 is 36.6. The molecule has 3 N–H and O–H groups in total. The SMILES string of the molecule is COc1c(C)cc2c(c1OC(=O)OC(C)(C)C)[C@@H]1C3[C@@H]4SC[C@]5(NCCc6c5[nH]c5ccccc65)C(=O)OC[C@@H](c5c6c(c(C)c(O)c54)OCO6)N3[C@@H](C#N)[C@H](C2)N1C. The first-order valence-electron chi connectivity index (χ1n) is 20.1. The Morgan fingerprint density at radius 3 is 2.64 bits per heavy atom. The van der Waals surface area contributed by atoms with Gasteiger partial charge in [-0.05, 0) is 77.3 Å². The van der Waals surface area contributed by atoms with E-state index in [0.29, 0.717) is 46.9 Å². The van der Waals surface area contributed by atoms with Gasteiger partial charge < -0.3 is 38.5 Å². The molecule has 0 saturated carbocycles. The molecule has 15 heteroatoms. The van der Waals surface area contributed by atoms with Crippen molar-refractivity contribution in [1.82, 2.24) is 20.1 Å². The highest BCUT2D eigenvalue weighted by Crippen LogP contribution is 2.64. The Morgan fingerprint density at radius 1 is 1.10 bits per heavy atom. The maximum absolute atomic E-state index is 14.9. The Kier molecular flexibility index (Phi) is 8.67. The minimum absolute atomic E-state index is 0.0381. The number of phenols is 1. The fourth-order valence-electron chi connectivity index (χ4n) is 10.8. The van der Waals surface area contributed by atoms with Gasteiger partial charge in [0.1, 0.15) is 24.0 Å². The number of hydrogen-bond acceptors (Lipinski definition) is 14. The van der Waals surface area contributed by atoms with Crippen molar-refractivity contribution in [3.8, 4) is 34.8 Å². The molecule has 0 radical (unpaired) electrons. The molecule has 2 fully saturated rings. The van der Waals surface area contributed by atoms with Crippen LogP contribution in [0.3, 0.4) is 0 Å². The van der Waals surface area contributed by atoms with Gasteiger partial charge in [0.2, 0.25) is 6.79 Å². The van der Waals surface area contributed by atoms with Gasteiger partial charge in [-0.3, -0.25) is 15.1 Å². The van der Waals surface area contributed by atoms with Crippen LogP contribution >= 0.6 is 11.8 Å². The van der Waals surface area contributed by atoms with Crippen molar-refractivity contribution in [2.75, 3.05) is 39.9 Å². The quantitative estimate of drug-likeness (QED) is 0.156. The fourth-order valence-corrected chi connectivity index (χ4v) is 12.5. The second-order valence-electron chi connectivity index (χ2n) is 17.4. The molecule has 8 heterocycles. The molecule has 1 aromatic heterocycles. The average Bonchev–Trinajstić information content (AvgIpc) is 3.84. The number of carbonyl (C=O) groups is 2. The minimum atomic E-state index is -1.26. The summed E-state index contributed by atoms with van der Waals surface area (Å²) in [4.78, 5) is 36.4. The number of aromatic nitrogens is 1. The summed E-state index contributed by atoms with van der Waals surface area (Å²) in [6, 6.07) is 10.0. The molecule has 11 rings (SSSR count). The van der Waals surface area contributed by atoms with E-state index in [-0.39, 0.29) is 36.7 Å². The number of nitriles is 1. The van der Waals surface area contributed by atoms with E-state index >= 15 is 0 Å². The number of para-hydroxylation sites is 1. The maximum Gasteiger partial charge on any atom is 0.514 e. The lowest BCUT2D eigenvalue weighted by atomic mass is 9.71. The highest BCUT2D eigenvalue weighted by atomic mass is 32.2. The summed E-state index contributed by atoms with van der Waals surface area (Å²) in [5.74, 6) is 1.45. The molecule has 308 valence electrons. The third-order valence-electron chi connectivity index (χ3n) is 13.1. The third-order valence-corrected chi connectivity index (χ3v) is 14.6. The van der Waals surface area contributed by atoms with E-state index in [0.717, 1.165) is 45.3 Å². The molecule has 1 spiro atoms. The normalized spacial score (nSPS) is 28.2. The lowest BCUT2D eigenvalue weighted by molar-refractivity contribution is -0.157. The zero-order valence-electron chi connectivity index (χ0n) is 34.1. The van der Waals surface area contributed by atoms with Crippen LogP contribution in [0.25, 0.3) is 10.9 Å². The Morgan fingerprint density at radius 2 is 1.88 bits per heavy atom. The number of thioether (sulfide) groups is 1. The zero-order chi connectivity index (χ0) is 41.3. The third kappa shape index (κ3) is 5.42. The molecule has 4 bridgehead atoms. The first kappa shape index (κ1) is 38.1. The van der Waals surface area contributed by atoms with Crippen LogP contribution in [0.2, 0.25) is 0 Å². The Bertz CT molecular complexity index is 2510. The number of hydrogen-bond donors (Lipinski definition) is 3. The van der Waals surface area contributed by atoms with Crippen molar-refractivity contribution in [2.45, 2.75) is 94.1 Å². The van der Waals surface area contributed by atoms with Crippen LogP contribution in [0.1, 0.15) is 82.7 Å². The van der Waals surface area contributed by atoms with E-state index in [1.54, 1.807) is 27.9 Å². The molecule has 3 aromatic carbocycles. The van der Waals surface area contributed by atoms with Gasteiger partial charge in [-0.1, -0.05) is 24.3 Å². The average molecular weight is 822 g/mol. The van der Waals surface area contributed by atoms with Crippen LogP contribution < -0.4 is 24.3 Å². The first-order valence-corrected chi connectivity index (χ1v) is 21.1.